The van der Waals surface area contributed by atoms with E-state index < -0.39 is 73.5 Å². The number of hydrogen-bond acceptors (Lipinski definition) is 10. The molecule has 10 heteroatoms. The van der Waals surface area contributed by atoms with Crippen LogP contribution in [0.5, 0.6) is 0 Å². The van der Waals surface area contributed by atoms with Crippen molar-refractivity contribution in [2.24, 2.45) is 0 Å². The van der Waals surface area contributed by atoms with Crippen LogP contribution in [0, 0.1) is 0 Å². The molecule has 0 amide bonds. The molecule has 11 atom stereocenters. The third-order valence-corrected chi connectivity index (χ3v) is 9.02. The molecule has 4 heterocycles. The highest BCUT2D eigenvalue weighted by Gasteiger charge is 2.58. The van der Waals surface area contributed by atoms with Crippen molar-refractivity contribution in [1.82, 2.24) is 0 Å². The van der Waals surface area contributed by atoms with Crippen LogP contribution >= 0.6 is 0 Å². The quantitative estimate of drug-likeness (QED) is 0.289. The molecule has 0 N–H and O–H groups in total. The van der Waals surface area contributed by atoms with Crippen LogP contribution in [0.25, 0.3) is 0 Å². The van der Waals surface area contributed by atoms with Crippen LogP contribution in [0.2, 0.25) is 0 Å². The highest BCUT2D eigenvalue weighted by molar-refractivity contribution is 5.18. The molecule has 0 bridgehead atoms. The Morgan fingerprint density at radius 3 is 1.89 bits per heavy atom. The van der Waals surface area contributed by atoms with Crippen LogP contribution in [0.1, 0.15) is 43.8 Å². The molecule has 4 aliphatic rings. The third kappa shape index (κ3) is 7.33. The molecular weight excluding hydrogens is 604 g/mol. The maximum atomic E-state index is 6.86. The van der Waals surface area contributed by atoms with Crippen molar-refractivity contribution in [3.63, 3.8) is 0 Å². The number of fused-ring (bicyclic) bond motifs is 2. The van der Waals surface area contributed by atoms with E-state index in [4.69, 9.17) is 47.4 Å². The molecule has 252 valence electrons. The molecule has 4 fully saturated rings. The first-order valence-corrected chi connectivity index (χ1v) is 16.4. The topological polar surface area (TPSA) is 92.3 Å². The predicted octanol–water partition coefficient (Wildman–Crippen LogP) is 5.29. The first kappa shape index (κ1) is 32.8. The highest BCUT2D eigenvalue weighted by Crippen LogP contribution is 2.42. The lowest BCUT2D eigenvalue weighted by molar-refractivity contribution is -0.388. The Balaban J connectivity index is 1.20. The molecule has 3 aromatic rings. The number of hydrogen-bond donors (Lipinski definition) is 0. The molecule has 0 aliphatic carbocycles. The maximum Gasteiger partial charge on any atom is 0.187 e. The van der Waals surface area contributed by atoms with E-state index in [1.54, 1.807) is 7.11 Å². The van der Waals surface area contributed by atoms with Gasteiger partial charge in [0, 0.05) is 12.7 Å². The minimum atomic E-state index is -0.871. The van der Waals surface area contributed by atoms with Crippen molar-refractivity contribution in [2.75, 3.05) is 13.7 Å². The molecule has 3 aromatic carbocycles. The van der Waals surface area contributed by atoms with E-state index in [9.17, 15) is 0 Å². The molecule has 10 nitrogen and oxygen atoms in total. The van der Waals surface area contributed by atoms with Gasteiger partial charge in [-0.15, -0.1) is 0 Å². The van der Waals surface area contributed by atoms with Gasteiger partial charge in [-0.25, -0.2) is 0 Å². The molecule has 4 saturated heterocycles. The Kier molecular flexibility index (Phi) is 10.0. The summed E-state index contributed by atoms with van der Waals surface area (Å²) in [6, 6.07) is 29.9. The number of methoxy groups -OCH3 is 1. The summed E-state index contributed by atoms with van der Waals surface area (Å²) in [6.45, 7) is 6.63. The summed E-state index contributed by atoms with van der Waals surface area (Å²) in [5.41, 5.74) is 2.96. The minimum absolute atomic E-state index is 0.280. The van der Waals surface area contributed by atoms with Gasteiger partial charge in [0.15, 0.2) is 24.7 Å². The first-order chi connectivity index (χ1) is 22.9. The average Bonchev–Trinajstić information content (AvgIpc) is 3.43. The van der Waals surface area contributed by atoms with Crippen LogP contribution in [0.4, 0.5) is 0 Å². The number of ether oxygens (including phenoxy) is 10. The second-order valence-electron chi connectivity index (χ2n) is 12.9. The normalized spacial score (nSPS) is 36.4. The Hall–Kier alpha value is -2.74. The molecule has 47 heavy (non-hydrogen) atoms. The van der Waals surface area contributed by atoms with E-state index in [-0.39, 0.29) is 6.61 Å². The lowest BCUT2D eigenvalue weighted by Crippen LogP contribution is -2.66. The Morgan fingerprint density at radius 2 is 1.26 bits per heavy atom. The van der Waals surface area contributed by atoms with E-state index in [0.717, 1.165) is 16.7 Å². The van der Waals surface area contributed by atoms with Gasteiger partial charge in [-0.05, 0) is 31.9 Å². The van der Waals surface area contributed by atoms with Gasteiger partial charge in [-0.3, -0.25) is 0 Å². The largest absolute Gasteiger partial charge is 0.368 e. The van der Waals surface area contributed by atoms with Gasteiger partial charge in [-0.2, -0.15) is 0 Å². The van der Waals surface area contributed by atoms with Gasteiger partial charge in [0.05, 0.1) is 25.9 Å². The van der Waals surface area contributed by atoms with Gasteiger partial charge in [0.1, 0.15) is 42.7 Å². The van der Waals surface area contributed by atoms with Crippen LogP contribution in [-0.4, -0.2) is 80.9 Å². The molecule has 4 aliphatic heterocycles. The van der Waals surface area contributed by atoms with Crippen molar-refractivity contribution in [3.8, 4) is 0 Å². The van der Waals surface area contributed by atoms with E-state index in [0.29, 0.717) is 13.2 Å². The zero-order chi connectivity index (χ0) is 32.4. The summed E-state index contributed by atoms with van der Waals surface area (Å²) in [5.74, 6) is -0.846. The summed E-state index contributed by atoms with van der Waals surface area (Å²) in [7, 11) is 1.60. The van der Waals surface area contributed by atoms with E-state index in [1.165, 1.54) is 0 Å². The molecule has 0 aromatic heterocycles. The predicted molar refractivity (Wildman–Crippen MR) is 169 cm³/mol. The molecule has 7 rings (SSSR count). The number of benzene rings is 3. The first-order valence-electron chi connectivity index (χ1n) is 16.4. The lowest BCUT2D eigenvalue weighted by Gasteiger charge is -2.50. The van der Waals surface area contributed by atoms with Crippen molar-refractivity contribution in [3.05, 3.63) is 108 Å². The molecule has 0 spiro atoms. The minimum Gasteiger partial charge on any atom is -0.368 e. The van der Waals surface area contributed by atoms with Crippen LogP contribution in [-0.2, 0) is 60.6 Å². The van der Waals surface area contributed by atoms with E-state index in [2.05, 4.69) is 0 Å². The Labute approximate surface area is 276 Å². The van der Waals surface area contributed by atoms with Gasteiger partial charge >= 0.3 is 0 Å². The summed E-state index contributed by atoms with van der Waals surface area (Å²) in [6.07, 6.45) is -6.23. The SMILES string of the molecule is CO[C@@H]1O[C@@H](C)[C@H](OC2O[C@@H]3COC(c4ccccc4)O[C@@H]3[C@H](OCc3ccccc3)[C@H]2OCc2ccccc2)[C@H]2OC(C)(C)O[C@@H]12. The van der Waals surface area contributed by atoms with E-state index >= 15 is 0 Å². The zero-order valence-electron chi connectivity index (χ0n) is 27.2. The maximum absolute atomic E-state index is 6.86. The average molecular weight is 649 g/mol. The van der Waals surface area contributed by atoms with Gasteiger partial charge in [0.2, 0.25) is 0 Å². The van der Waals surface area contributed by atoms with Crippen LogP contribution < -0.4 is 0 Å². The molecule has 0 radical (unpaired) electrons. The smallest absolute Gasteiger partial charge is 0.187 e. The summed E-state index contributed by atoms with van der Waals surface area (Å²) < 4.78 is 64.4. The molecule has 2 unspecified atom stereocenters. The van der Waals surface area contributed by atoms with Crippen molar-refractivity contribution in [1.29, 1.82) is 0 Å². The Morgan fingerprint density at radius 1 is 0.660 bits per heavy atom. The second kappa shape index (κ2) is 14.4. The Bertz CT molecular complexity index is 1410. The monoisotopic (exact) mass is 648 g/mol. The van der Waals surface area contributed by atoms with E-state index in [1.807, 2.05) is 112 Å². The number of rotatable bonds is 10. The molecule has 0 saturated carbocycles. The zero-order valence-corrected chi connectivity index (χ0v) is 27.2. The fraction of sp³-hybridized carbons (Fsp3) is 0.514. The lowest BCUT2D eigenvalue weighted by atomic mass is 9.96. The van der Waals surface area contributed by atoms with Crippen molar-refractivity contribution < 1.29 is 47.4 Å². The molecular formula is C37H44O10. The van der Waals surface area contributed by atoms with Crippen LogP contribution in [0.3, 0.4) is 0 Å². The van der Waals surface area contributed by atoms with Crippen molar-refractivity contribution in [2.45, 2.75) is 107 Å². The summed E-state index contributed by atoms with van der Waals surface area (Å²) >= 11 is 0. The van der Waals surface area contributed by atoms with Gasteiger partial charge in [0.25, 0.3) is 0 Å². The highest BCUT2D eigenvalue weighted by atomic mass is 16.8. The fourth-order valence-electron chi connectivity index (χ4n) is 6.78. The van der Waals surface area contributed by atoms with Gasteiger partial charge < -0.3 is 47.4 Å². The summed E-state index contributed by atoms with van der Waals surface area (Å²) in [5, 5.41) is 0. The third-order valence-electron chi connectivity index (χ3n) is 9.02. The second-order valence-corrected chi connectivity index (χ2v) is 12.9. The van der Waals surface area contributed by atoms with Crippen LogP contribution in [0.15, 0.2) is 91.0 Å². The van der Waals surface area contributed by atoms with Crippen molar-refractivity contribution >= 4 is 0 Å². The fourth-order valence-corrected chi connectivity index (χ4v) is 6.78. The standard InChI is InChI=1S/C37H44O10/c1-23-28(31-33(35(38-4)42-23)47-37(2,3)46-31)44-36-32(40-21-25-16-10-6-11-17-25)30(39-20-24-14-8-5-9-15-24)29-27(43-36)22-41-34(45-29)26-18-12-7-13-19-26/h5-19,23,27-36H,20-22H2,1-4H3/t23-,27+,28-,29-,30-,31+,32+,33+,34?,35+,36?/m0/s1. The van der Waals surface area contributed by atoms with Gasteiger partial charge in [-0.1, -0.05) is 91.0 Å². The summed E-state index contributed by atoms with van der Waals surface area (Å²) in [4.78, 5) is 0.